The van der Waals surface area contributed by atoms with Crippen LogP contribution in [0, 0.1) is 0 Å². The van der Waals surface area contributed by atoms with Crippen molar-refractivity contribution in [2.45, 2.75) is 6.04 Å². The summed E-state index contributed by atoms with van der Waals surface area (Å²) in [5.41, 5.74) is 1.87. The molecule has 6 nitrogen and oxygen atoms in total. The standard InChI is InChI=1S/C21H26N2O4/c1-25-18-8-6-16(7-9-18)19(23-10-12-27-13-11-23)15-22-14-17-4-3-5-20(26-2)21(17)24/h3-9,14,19,24H,10-13,15H2,1-2H3/p+1/t19-/m0/s1. The smallest absolute Gasteiger partial charge is 0.166 e. The number of quaternary nitrogens is 1. The molecule has 0 radical (unpaired) electrons. The van der Waals surface area contributed by atoms with Crippen molar-refractivity contribution < 1.29 is 24.2 Å². The maximum atomic E-state index is 10.2. The van der Waals surface area contributed by atoms with Crippen LogP contribution in [-0.4, -0.2) is 58.4 Å². The Hall–Kier alpha value is -2.57. The Morgan fingerprint density at radius 3 is 2.52 bits per heavy atom. The van der Waals surface area contributed by atoms with E-state index in [-0.39, 0.29) is 11.8 Å². The topological polar surface area (TPSA) is 64.7 Å². The van der Waals surface area contributed by atoms with Crippen LogP contribution in [0.3, 0.4) is 0 Å². The summed E-state index contributed by atoms with van der Waals surface area (Å²) in [4.78, 5) is 6.10. The van der Waals surface area contributed by atoms with Gasteiger partial charge >= 0.3 is 0 Å². The van der Waals surface area contributed by atoms with Gasteiger partial charge in [0.25, 0.3) is 0 Å². The summed E-state index contributed by atoms with van der Waals surface area (Å²) < 4.78 is 15.9. The first-order valence-electron chi connectivity index (χ1n) is 9.15. The molecule has 2 aromatic rings. The number of aromatic hydroxyl groups is 1. The van der Waals surface area contributed by atoms with Crippen molar-refractivity contribution >= 4 is 6.21 Å². The minimum Gasteiger partial charge on any atom is -0.504 e. The lowest BCUT2D eigenvalue weighted by molar-refractivity contribution is -0.937. The van der Waals surface area contributed by atoms with E-state index in [4.69, 9.17) is 14.2 Å². The number of nitrogens with one attached hydrogen (secondary N) is 1. The number of methoxy groups -OCH3 is 2. The molecule has 1 atom stereocenters. The average molecular weight is 371 g/mol. The quantitative estimate of drug-likeness (QED) is 0.724. The van der Waals surface area contributed by atoms with Crippen LogP contribution in [-0.2, 0) is 4.74 Å². The lowest BCUT2D eigenvalue weighted by atomic mass is 10.0. The molecule has 0 spiro atoms. The van der Waals surface area contributed by atoms with Crippen LogP contribution in [0.4, 0.5) is 0 Å². The van der Waals surface area contributed by atoms with Gasteiger partial charge in [0.05, 0.1) is 34.0 Å². The zero-order chi connectivity index (χ0) is 19.1. The average Bonchev–Trinajstić information content (AvgIpc) is 2.73. The van der Waals surface area contributed by atoms with Gasteiger partial charge < -0.3 is 24.2 Å². The molecular weight excluding hydrogens is 344 g/mol. The van der Waals surface area contributed by atoms with E-state index in [1.165, 1.54) is 17.6 Å². The predicted molar refractivity (Wildman–Crippen MR) is 104 cm³/mol. The summed E-state index contributed by atoms with van der Waals surface area (Å²) in [6.07, 6.45) is 1.72. The van der Waals surface area contributed by atoms with Crippen molar-refractivity contribution in [3.05, 3.63) is 53.6 Å². The highest BCUT2D eigenvalue weighted by Gasteiger charge is 2.26. The predicted octanol–water partition coefficient (Wildman–Crippen LogP) is 1.48. The summed E-state index contributed by atoms with van der Waals surface area (Å²) in [5.74, 6) is 1.41. The summed E-state index contributed by atoms with van der Waals surface area (Å²) in [7, 11) is 3.21. The van der Waals surface area contributed by atoms with E-state index in [1.807, 2.05) is 24.3 Å². The van der Waals surface area contributed by atoms with Crippen molar-refractivity contribution in [2.75, 3.05) is 47.1 Å². The normalized spacial score (nSPS) is 16.4. The molecule has 2 N–H and O–H groups in total. The molecule has 3 rings (SSSR count). The third-order valence-electron chi connectivity index (χ3n) is 4.91. The van der Waals surface area contributed by atoms with E-state index in [0.29, 0.717) is 17.9 Å². The Kier molecular flexibility index (Phi) is 6.68. The van der Waals surface area contributed by atoms with Crippen LogP contribution in [0.5, 0.6) is 17.2 Å². The minimum atomic E-state index is 0.114. The summed E-state index contributed by atoms with van der Waals surface area (Å²) in [6.45, 7) is 4.07. The molecule has 0 aliphatic carbocycles. The van der Waals surface area contributed by atoms with Gasteiger partial charge in [-0.05, 0) is 36.4 Å². The summed E-state index contributed by atoms with van der Waals surface area (Å²) in [5, 5.41) is 10.2. The molecular formula is C21H27N2O4+. The molecule has 1 fully saturated rings. The molecule has 0 bridgehead atoms. The monoisotopic (exact) mass is 371 g/mol. The molecule has 2 aromatic carbocycles. The molecule has 0 unspecified atom stereocenters. The first kappa shape index (κ1) is 19.2. The van der Waals surface area contributed by atoms with Crippen molar-refractivity contribution in [3.63, 3.8) is 0 Å². The molecule has 1 aliphatic rings. The fourth-order valence-electron chi connectivity index (χ4n) is 3.35. The largest absolute Gasteiger partial charge is 0.504 e. The number of ether oxygens (including phenoxy) is 3. The highest BCUT2D eigenvalue weighted by atomic mass is 16.5. The van der Waals surface area contributed by atoms with Gasteiger partial charge in [0, 0.05) is 17.3 Å². The lowest BCUT2D eigenvalue weighted by Crippen LogP contribution is -3.14. The van der Waals surface area contributed by atoms with Crippen LogP contribution in [0.2, 0.25) is 0 Å². The van der Waals surface area contributed by atoms with E-state index in [0.717, 1.165) is 32.1 Å². The number of morpholine rings is 1. The van der Waals surface area contributed by atoms with E-state index in [1.54, 1.807) is 19.4 Å². The number of nitrogens with zero attached hydrogens (tertiary/aromatic N) is 1. The molecule has 0 saturated carbocycles. The van der Waals surface area contributed by atoms with Crippen molar-refractivity contribution in [1.82, 2.24) is 0 Å². The number of phenols is 1. The maximum absolute atomic E-state index is 10.2. The van der Waals surface area contributed by atoms with Crippen LogP contribution >= 0.6 is 0 Å². The van der Waals surface area contributed by atoms with E-state index >= 15 is 0 Å². The summed E-state index contributed by atoms with van der Waals surface area (Å²) >= 11 is 0. The van der Waals surface area contributed by atoms with Gasteiger partial charge in [-0.1, -0.05) is 6.07 Å². The number of benzene rings is 2. The molecule has 1 aliphatic heterocycles. The number of hydrogen-bond acceptors (Lipinski definition) is 5. The first-order chi connectivity index (χ1) is 13.2. The fraction of sp³-hybridized carbons (Fsp3) is 0.381. The van der Waals surface area contributed by atoms with Gasteiger partial charge in [-0.3, -0.25) is 4.99 Å². The molecule has 27 heavy (non-hydrogen) atoms. The Balaban J connectivity index is 1.78. The van der Waals surface area contributed by atoms with E-state index in [2.05, 4.69) is 17.1 Å². The fourth-order valence-corrected chi connectivity index (χ4v) is 3.35. The number of para-hydroxylation sites is 1. The highest BCUT2D eigenvalue weighted by Crippen LogP contribution is 2.28. The minimum absolute atomic E-state index is 0.114. The Bertz CT molecular complexity index is 755. The highest BCUT2D eigenvalue weighted by molar-refractivity contribution is 5.84. The number of hydrogen-bond donors (Lipinski definition) is 2. The van der Waals surface area contributed by atoms with Crippen molar-refractivity contribution in [3.8, 4) is 17.2 Å². The second-order valence-electron chi connectivity index (χ2n) is 6.49. The van der Waals surface area contributed by atoms with Crippen LogP contribution < -0.4 is 14.4 Å². The lowest BCUT2D eigenvalue weighted by Gasteiger charge is -2.31. The SMILES string of the molecule is COc1ccc([C@H](CN=Cc2cccc(OC)c2O)[NH+]2CCOCC2)cc1. The van der Waals surface area contributed by atoms with Crippen LogP contribution in [0.1, 0.15) is 17.2 Å². The molecule has 0 aromatic heterocycles. The third kappa shape index (κ3) is 4.78. The van der Waals surface area contributed by atoms with E-state index in [9.17, 15) is 5.11 Å². The van der Waals surface area contributed by atoms with Crippen molar-refractivity contribution in [2.24, 2.45) is 4.99 Å². The van der Waals surface area contributed by atoms with Gasteiger partial charge in [0.1, 0.15) is 24.9 Å². The van der Waals surface area contributed by atoms with Gasteiger partial charge in [-0.2, -0.15) is 0 Å². The second kappa shape index (κ2) is 9.39. The molecule has 144 valence electrons. The van der Waals surface area contributed by atoms with Crippen LogP contribution in [0.25, 0.3) is 0 Å². The van der Waals surface area contributed by atoms with Gasteiger partial charge in [-0.25, -0.2) is 0 Å². The molecule has 6 heteroatoms. The van der Waals surface area contributed by atoms with Crippen molar-refractivity contribution in [1.29, 1.82) is 0 Å². The molecule has 1 saturated heterocycles. The number of aliphatic imine (C=N–C) groups is 1. The number of rotatable bonds is 7. The Morgan fingerprint density at radius 2 is 1.85 bits per heavy atom. The van der Waals surface area contributed by atoms with Gasteiger partial charge in [0.2, 0.25) is 0 Å². The molecule has 1 heterocycles. The van der Waals surface area contributed by atoms with Gasteiger partial charge in [0.15, 0.2) is 11.5 Å². The van der Waals surface area contributed by atoms with E-state index < -0.39 is 0 Å². The second-order valence-corrected chi connectivity index (χ2v) is 6.49. The first-order valence-corrected chi connectivity index (χ1v) is 9.15. The van der Waals surface area contributed by atoms with Gasteiger partial charge in [-0.15, -0.1) is 0 Å². The Labute approximate surface area is 160 Å². The molecule has 0 amide bonds. The third-order valence-corrected chi connectivity index (χ3v) is 4.91. The Morgan fingerprint density at radius 1 is 1.11 bits per heavy atom. The summed E-state index contributed by atoms with van der Waals surface area (Å²) in [6, 6.07) is 13.8. The zero-order valence-electron chi connectivity index (χ0n) is 15.9. The zero-order valence-corrected chi connectivity index (χ0v) is 15.9. The number of phenolic OH excluding ortho intramolecular Hbond substituents is 1. The van der Waals surface area contributed by atoms with Crippen LogP contribution in [0.15, 0.2) is 47.5 Å². The maximum Gasteiger partial charge on any atom is 0.166 e.